The molecule has 0 spiro atoms. The van der Waals surface area contributed by atoms with Gasteiger partial charge in [0.2, 0.25) is 0 Å². The second-order valence-corrected chi connectivity index (χ2v) is 6.16. The molecule has 0 bridgehead atoms. The minimum Gasteiger partial charge on any atom is -0.344 e. The van der Waals surface area contributed by atoms with Gasteiger partial charge in [-0.1, -0.05) is 45.0 Å². The standard InChI is InChI=1S/C15H23NO2/c1-14(2,3)11-5-7-12(8-6-11)15(4)17-9-13(16)10-18-15/h5-8,13H,9-10,16H2,1-4H3. The van der Waals surface area contributed by atoms with Crippen LogP contribution >= 0.6 is 0 Å². The van der Waals surface area contributed by atoms with E-state index in [-0.39, 0.29) is 11.5 Å². The van der Waals surface area contributed by atoms with E-state index in [0.717, 1.165) is 5.56 Å². The Morgan fingerprint density at radius 2 is 1.61 bits per heavy atom. The van der Waals surface area contributed by atoms with Gasteiger partial charge in [-0.15, -0.1) is 0 Å². The van der Waals surface area contributed by atoms with Crippen LogP contribution in [0.25, 0.3) is 0 Å². The maximum Gasteiger partial charge on any atom is 0.192 e. The van der Waals surface area contributed by atoms with Gasteiger partial charge in [0.25, 0.3) is 0 Å². The molecule has 0 unspecified atom stereocenters. The molecule has 0 aliphatic carbocycles. The zero-order valence-electron chi connectivity index (χ0n) is 11.7. The first kappa shape index (κ1) is 13.5. The number of nitrogens with two attached hydrogens (primary N) is 1. The van der Waals surface area contributed by atoms with Crippen molar-refractivity contribution in [2.75, 3.05) is 13.2 Å². The van der Waals surface area contributed by atoms with Crippen molar-refractivity contribution in [3.63, 3.8) is 0 Å². The molecule has 2 rings (SSSR count). The third-order valence-corrected chi connectivity index (χ3v) is 3.42. The van der Waals surface area contributed by atoms with Gasteiger partial charge in [0.1, 0.15) is 0 Å². The molecule has 0 saturated carbocycles. The highest BCUT2D eigenvalue weighted by Gasteiger charge is 2.33. The fourth-order valence-electron chi connectivity index (χ4n) is 2.06. The van der Waals surface area contributed by atoms with Crippen molar-refractivity contribution in [3.8, 4) is 0 Å². The van der Waals surface area contributed by atoms with Gasteiger partial charge < -0.3 is 15.2 Å². The van der Waals surface area contributed by atoms with Crippen LogP contribution in [0.4, 0.5) is 0 Å². The Morgan fingerprint density at radius 1 is 1.11 bits per heavy atom. The summed E-state index contributed by atoms with van der Waals surface area (Å²) in [4.78, 5) is 0. The van der Waals surface area contributed by atoms with E-state index in [2.05, 4.69) is 45.0 Å². The van der Waals surface area contributed by atoms with Crippen molar-refractivity contribution in [1.29, 1.82) is 0 Å². The van der Waals surface area contributed by atoms with Crippen molar-refractivity contribution in [2.45, 2.75) is 44.9 Å². The number of hydrogen-bond acceptors (Lipinski definition) is 3. The Balaban J connectivity index is 2.19. The molecule has 1 aliphatic rings. The average Bonchev–Trinajstić information content (AvgIpc) is 2.32. The van der Waals surface area contributed by atoms with Crippen LogP contribution in [0.3, 0.4) is 0 Å². The highest BCUT2D eigenvalue weighted by molar-refractivity contribution is 5.29. The Hall–Kier alpha value is -0.900. The van der Waals surface area contributed by atoms with Crippen molar-refractivity contribution >= 4 is 0 Å². The second kappa shape index (κ2) is 4.65. The summed E-state index contributed by atoms with van der Waals surface area (Å²) >= 11 is 0. The minimum atomic E-state index is -0.660. The van der Waals surface area contributed by atoms with Gasteiger partial charge in [-0.05, 0) is 17.9 Å². The number of ether oxygens (including phenoxy) is 2. The monoisotopic (exact) mass is 249 g/mol. The second-order valence-electron chi connectivity index (χ2n) is 6.16. The van der Waals surface area contributed by atoms with E-state index in [4.69, 9.17) is 15.2 Å². The van der Waals surface area contributed by atoms with E-state index >= 15 is 0 Å². The van der Waals surface area contributed by atoms with Crippen molar-refractivity contribution in [1.82, 2.24) is 0 Å². The molecule has 3 heteroatoms. The van der Waals surface area contributed by atoms with Crippen LogP contribution in [0.1, 0.15) is 38.8 Å². The predicted octanol–water partition coefficient (Wildman–Crippen LogP) is 2.53. The van der Waals surface area contributed by atoms with E-state index in [1.165, 1.54) is 5.56 Å². The van der Waals surface area contributed by atoms with Crippen LogP contribution in [0.2, 0.25) is 0 Å². The highest BCUT2D eigenvalue weighted by atomic mass is 16.7. The molecule has 0 atom stereocenters. The van der Waals surface area contributed by atoms with Crippen molar-refractivity contribution in [2.24, 2.45) is 5.73 Å². The van der Waals surface area contributed by atoms with Gasteiger partial charge in [-0.2, -0.15) is 0 Å². The van der Waals surface area contributed by atoms with Crippen LogP contribution in [0.15, 0.2) is 24.3 Å². The number of hydrogen-bond donors (Lipinski definition) is 1. The molecule has 100 valence electrons. The molecule has 0 aromatic heterocycles. The smallest absolute Gasteiger partial charge is 0.192 e. The zero-order valence-corrected chi connectivity index (χ0v) is 11.7. The lowest BCUT2D eigenvalue weighted by Gasteiger charge is -2.37. The Labute approximate surface area is 109 Å². The molecule has 1 fully saturated rings. The first-order valence-corrected chi connectivity index (χ1v) is 6.46. The summed E-state index contributed by atoms with van der Waals surface area (Å²) in [7, 11) is 0. The summed E-state index contributed by atoms with van der Waals surface area (Å²) in [6.07, 6.45) is 0. The maximum absolute atomic E-state index is 5.77. The fraction of sp³-hybridized carbons (Fsp3) is 0.600. The van der Waals surface area contributed by atoms with E-state index in [1.807, 2.05) is 6.92 Å². The Morgan fingerprint density at radius 3 is 2.06 bits per heavy atom. The molecule has 1 aromatic rings. The predicted molar refractivity (Wildman–Crippen MR) is 72.4 cm³/mol. The molecule has 3 nitrogen and oxygen atoms in total. The quantitative estimate of drug-likeness (QED) is 0.832. The maximum atomic E-state index is 5.77. The molecular formula is C15H23NO2. The van der Waals surface area contributed by atoms with Crippen LogP contribution in [-0.4, -0.2) is 19.3 Å². The molecule has 0 amide bonds. The first-order chi connectivity index (χ1) is 8.31. The van der Waals surface area contributed by atoms with E-state index in [1.54, 1.807) is 0 Å². The molecule has 1 aromatic carbocycles. The summed E-state index contributed by atoms with van der Waals surface area (Å²) in [5.41, 5.74) is 8.28. The largest absolute Gasteiger partial charge is 0.344 e. The molecule has 1 saturated heterocycles. The zero-order chi connectivity index (χ0) is 13.4. The van der Waals surface area contributed by atoms with E-state index in [0.29, 0.717) is 13.2 Å². The lowest BCUT2D eigenvalue weighted by atomic mass is 9.86. The van der Waals surface area contributed by atoms with Crippen LogP contribution in [0.5, 0.6) is 0 Å². The average molecular weight is 249 g/mol. The molecular weight excluding hydrogens is 226 g/mol. The minimum absolute atomic E-state index is 0.0214. The number of rotatable bonds is 1. The van der Waals surface area contributed by atoms with Crippen molar-refractivity contribution in [3.05, 3.63) is 35.4 Å². The third kappa shape index (κ3) is 2.74. The van der Waals surface area contributed by atoms with Crippen LogP contribution in [-0.2, 0) is 20.7 Å². The highest BCUT2D eigenvalue weighted by Crippen LogP contribution is 2.31. The van der Waals surface area contributed by atoms with E-state index in [9.17, 15) is 0 Å². The number of benzene rings is 1. The first-order valence-electron chi connectivity index (χ1n) is 6.46. The molecule has 0 radical (unpaired) electrons. The lowest BCUT2D eigenvalue weighted by Crippen LogP contribution is -2.46. The summed E-state index contributed by atoms with van der Waals surface area (Å²) in [6.45, 7) is 9.64. The summed E-state index contributed by atoms with van der Waals surface area (Å²) in [5.74, 6) is -0.660. The Kier molecular flexibility index (Phi) is 3.49. The van der Waals surface area contributed by atoms with Gasteiger partial charge in [0.05, 0.1) is 19.3 Å². The normalized spacial score (nSPS) is 29.3. The summed E-state index contributed by atoms with van der Waals surface area (Å²) in [5, 5.41) is 0. The van der Waals surface area contributed by atoms with Crippen LogP contribution < -0.4 is 5.73 Å². The summed E-state index contributed by atoms with van der Waals surface area (Å²) < 4.78 is 11.5. The third-order valence-electron chi connectivity index (χ3n) is 3.42. The van der Waals surface area contributed by atoms with Gasteiger partial charge in [-0.3, -0.25) is 0 Å². The Bertz CT molecular complexity index is 397. The molecule has 1 aliphatic heterocycles. The fourth-order valence-corrected chi connectivity index (χ4v) is 2.06. The van der Waals surface area contributed by atoms with E-state index < -0.39 is 5.79 Å². The molecule has 2 N–H and O–H groups in total. The molecule has 1 heterocycles. The topological polar surface area (TPSA) is 44.5 Å². The molecule has 18 heavy (non-hydrogen) atoms. The summed E-state index contributed by atoms with van der Waals surface area (Å²) in [6, 6.07) is 8.42. The van der Waals surface area contributed by atoms with Gasteiger partial charge in [0, 0.05) is 5.56 Å². The van der Waals surface area contributed by atoms with Gasteiger partial charge >= 0.3 is 0 Å². The van der Waals surface area contributed by atoms with Gasteiger partial charge in [-0.25, -0.2) is 0 Å². The van der Waals surface area contributed by atoms with Gasteiger partial charge in [0.15, 0.2) is 5.79 Å². The van der Waals surface area contributed by atoms with Crippen molar-refractivity contribution < 1.29 is 9.47 Å². The van der Waals surface area contributed by atoms with Crippen LogP contribution in [0, 0.1) is 0 Å². The SMILES string of the molecule is CC(C)(C)c1ccc(C2(C)OCC(N)CO2)cc1. The lowest BCUT2D eigenvalue weighted by molar-refractivity contribution is -0.270.